The molecule has 8 heteroatoms. The second-order valence-electron chi connectivity index (χ2n) is 11.2. The third-order valence-electron chi connectivity index (χ3n) is 8.90. The van der Waals surface area contributed by atoms with Crippen LogP contribution in [0.3, 0.4) is 0 Å². The van der Waals surface area contributed by atoms with Crippen molar-refractivity contribution in [2.24, 2.45) is 11.8 Å². The Labute approximate surface area is 230 Å². The molecule has 4 aliphatic heterocycles. The van der Waals surface area contributed by atoms with Crippen molar-refractivity contribution >= 4 is 23.5 Å². The fraction of sp³-hybridized carbons (Fsp3) is 0.581. The van der Waals surface area contributed by atoms with E-state index in [1.165, 1.54) is 0 Å². The lowest BCUT2D eigenvalue weighted by molar-refractivity contribution is -0.159. The Morgan fingerprint density at radius 3 is 2.49 bits per heavy atom. The van der Waals surface area contributed by atoms with Gasteiger partial charge in [0.1, 0.15) is 23.2 Å². The first-order valence-corrected chi connectivity index (χ1v) is 14.3. The number of hydrogen-bond donors (Lipinski definition) is 1. The van der Waals surface area contributed by atoms with E-state index in [1.54, 1.807) is 9.80 Å². The first kappa shape index (κ1) is 27.6. The number of likely N-dealkylation sites (tertiary alicyclic amines) is 1. The highest BCUT2D eigenvalue weighted by Gasteiger charge is 2.75. The van der Waals surface area contributed by atoms with E-state index >= 15 is 0 Å². The number of aliphatic hydroxyl groups excluding tert-OH is 1. The number of cyclic esters (lactones) is 1. The van der Waals surface area contributed by atoms with Crippen LogP contribution in [0.1, 0.15) is 56.6 Å². The lowest BCUT2D eigenvalue weighted by Gasteiger charge is -2.38. The second kappa shape index (κ2) is 10.9. The van der Waals surface area contributed by atoms with Crippen LogP contribution < -0.4 is 4.90 Å². The number of rotatable bonds is 7. The van der Waals surface area contributed by atoms with Crippen LogP contribution in [-0.4, -0.2) is 71.3 Å². The van der Waals surface area contributed by atoms with E-state index in [9.17, 15) is 19.5 Å². The molecule has 8 nitrogen and oxygen atoms in total. The highest BCUT2D eigenvalue weighted by Crippen LogP contribution is 2.58. The average Bonchev–Trinajstić information content (AvgIpc) is 3.29. The Kier molecular flexibility index (Phi) is 7.71. The number of aliphatic hydroxyl groups is 1. The van der Waals surface area contributed by atoms with Crippen LogP contribution in [0.15, 0.2) is 42.5 Å². The van der Waals surface area contributed by atoms with Crippen LogP contribution in [0.2, 0.25) is 0 Å². The summed E-state index contributed by atoms with van der Waals surface area (Å²) in [7, 11) is 0. The number of hydrogen-bond acceptors (Lipinski definition) is 6. The van der Waals surface area contributed by atoms with E-state index in [4.69, 9.17) is 9.47 Å². The van der Waals surface area contributed by atoms with Gasteiger partial charge in [0, 0.05) is 25.4 Å². The molecule has 0 bridgehead atoms. The third kappa shape index (κ3) is 4.42. The molecule has 1 unspecified atom stereocenters. The first-order chi connectivity index (χ1) is 18.8. The van der Waals surface area contributed by atoms with E-state index < -0.39 is 35.0 Å². The monoisotopic (exact) mass is 536 g/mol. The Morgan fingerprint density at radius 2 is 1.77 bits per heavy atom. The van der Waals surface area contributed by atoms with Crippen molar-refractivity contribution in [1.82, 2.24) is 4.90 Å². The molecule has 4 heterocycles. The maximum absolute atomic E-state index is 14.6. The fourth-order valence-corrected chi connectivity index (χ4v) is 7.12. The number of amides is 2. The Balaban J connectivity index is 1.64. The maximum Gasteiger partial charge on any atom is 0.313 e. The number of allylic oxidation sites excluding steroid dienone is 1. The van der Waals surface area contributed by atoms with E-state index in [2.05, 4.69) is 0 Å². The second-order valence-corrected chi connectivity index (χ2v) is 11.2. The zero-order chi connectivity index (χ0) is 27.8. The van der Waals surface area contributed by atoms with E-state index in [0.717, 1.165) is 29.7 Å². The van der Waals surface area contributed by atoms with Crippen LogP contribution in [0, 0.1) is 25.7 Å². The van der Waals surface area contributed by atoms with Gasteiger partial charge in [-0.2, -0.15) is 0 Å². The fourth-order valence-electron chi connectivity index (χ4n) is 7.12. The molecule has 5 atom stereocenters. The molecule has 0 aromatic heterocycles. The topological polar surface area (TPSA) is 96.4 Å². The van der Waals surface area contributed by atoms with Gasteiger partial charge in [-0.25, -0.2) is 0 Å². The molecular formula is C31H40N2O6. The summed E-state index contributed by atoms with van der Waals surface area (Å²) in [5, 5.41) is 9.28. The lowest BCUT2D eigenvalue weighted by Crippen LogP contribution is -2.56. The molecule has 1 N–H and O–H groups in total. The van der Waals surface area contributed by atoms with Crippen molar-refractivity contribution in [2.75, 3.05) is 31.2 Å². The van der Waals surface area contributed by atoms with Gasteiger partial charge < -0.3 is 24.4 Å². The van der Waals surface area contributed by atoms with E-state index in [-0.39, 0.29) is 25.0 Å². The molecule has 5 rings (SSSR count). The van der Waals surface area contributed by atoms with Gasteiger partial charge in [0.2, 0.25) is 5.91 Å². The molecule has 1 aromatic rings. The molecule has 0 radical (unpaired) electrons. The average molecular weight is 537 g/mol. The largest absolute Gasteiger partial charge is 0.465 e. The van der Waals surface area contributed by atoms with Crippen molar-refractivity contribution in [3.63, 3.8) is 0 Å². The summed E-state index contributed by atoms with van der Waals surface area (Å²) < 4.78 is 12.7. The van der Waals surface area contributed by atoms with Gasteiger partial charge in [-0.1, -0.05) is 49.4 Å². The summed E-state index contributed by atoms with van der Waals surface area (Å²) in [5.41, 5.74) is 0.459. The third-order valence-corrected chi connectivity index (χ3v) is 8.90. The minimum atomic E-state index is -1.29. The number of carbonyl (C=O) groups is 3. The lowest BCUT2D eigenvalue weighted by atomic mass is 9.73. The van der Waals surface area contributed by atoms with Gasteiger partial charge in [0.05, 0.1) is 12.5 Å². The number of nitrogens with zero attached hydrogens (tertiary/aromatic N) is 2. The van der Waals surface area contributed by atoms with Crippen molar-refractivity contribution in [3.8, 4) is 0 Å². The SMILES string of the molecule is CC[C@@]12/C=C\CCCOC(=O)[C@@H]1[C@H]1C(=O)N(CCCCCO)C3C(=O)N(c4c(C)cccc4C)CC=C[C@@]31O2. The minimum Gasteiger partial charge on any atom is -0.465 e. The molecule has 210 valence electrons. The van der Waals surface area contributed by atoms with E-state index in [1.807, 2.05) is 63.3 Å². The molecule has 2 amide bonds. The van der Waals surface area contributed by atoms with Crippen molar-refractivity contribution < 1.29 is 29.0 Å². The molecule has 4 aliphatic rings. The molecular weight excluding hydrogens is 496 g/mol. The molecule has 0 aliphatic carbocycles. The zero-order valence-electron chi connectivity index (χ0n) is 23.2. The normalized spacial score (nSPS) is 33.0. The van der Waals surface area contributed by atoms with Gasteiger partial charge in [-0.05, 0) is 63.5 Å². The summed E-state index contributed by atoms with van der Waals surface area (Å²) in [6.45, 7) is 6.98. The summed E-state index contributed by atoms with van der Waals surface area (Å²) in [6, 6.07) is 5.03. The number of para-hydroxylation sites is 1. The Hall–Kier alpha value is -2.97. The van der Waals surface area contributed by atoms with Crippen LogP contribution >= 0.6 is 0 Å². The summed E-state index contributed by atoms with van der Waals surface area (Å²) in [4.78, 5) is 46.0. The highest BCUT2D eigenvalue weighted by atomic mass is 16.6. The zero-order valence-corrected chi connectivity index (χ0v) is 23.2. The van der Waals surface area contributed by atoms with Crippen LogP contribution in [-0.2, 0) is 23.9 Å². The predicted molar refractivity (Wildman–Crippen MR) is 147 cm³/mol. The number of ether oxygens (including phenoxy) is 2. The molecule has 2 fully saturated rings. The minimum absolute atomic E-state index is 0.0777. The number of anilines is 1. The molecule has 0 saturated carbocycles. The van der Waals surface area contributed by atoms with E-state index in [0.29, 0.717) is 38.8 Å². The summed E-state index contributed by atoms with van der Waals surface area (Å²) >= 11 is 0. The summed E-state index contributed by atoms with van der Waals surface area (Å²) in [6.07, 6.45) is 11.7. The molecule has 2 saturated heterocycles. The molecule has 1 spiro atoms. The van der Waals surface area contributed by atoms with Gasteiger partial charge in [-0.3, -0.25) is 14.4 Å². The number of esters is 1. The Morgan fingerprint density at radius 1 is 1.00 bits per heavy atom. The molecule has 1 aromatic carbocycles. The molecule has 39 heavy (non-hydrogen) atoms. The van der Waals surface area contributed by atoms with Gasteiger partial charge >= 0.3 is 5.97 Å². The van der Waals surface area contributed by atoms with Crippen LogP contribution in [0.25, 0.3) is 0 Å². The first-order valence-electron chi connectivity index (χ1n) is 14.3. The van der Waals surface area contributed by atoms with Crippen LogP contribution in [0.5, 0.6) is 0 Å². The highest BCUT2D eigenvalue weighted by molar-refractivity contribution is 6.06. The van der Waals surface area contributed by atoms with Crippen molar-refractivity contribution in [2.45, 2.75) is 76.5 Å². The number of carbonyl (C=O) groups excluding carboxylic acids is 3. The predicted octanol–water partition coefficient (Wildman–Crippen LogP) is 3.62. The van der Waals surface area contributed by atoms with Gasteiger partial charge in [0.15, 0.2) is 0 Å². The maximum atomic E-state index is 14.6. The van der Waals surface area contributed by atoms with Gasteiger partial charge in [0.25, 0.3) is 5.91 Å². The smallest absolute Gasteiger partial charge is 0.313 e. The number of fused-ring (bicyclic) bond motifs is 2. The number of unbranched alkanes of at least 4 members (excludes halogenated alkanes) is 2. The van der Waals surface area contributed by atoms with Crippen molar-refractivity contribution in [1.29, 1.82) is 0 Å². The van der Waals surface area contributed by atoms with Crippen LogP contribution in [0.4, 0.5) is 5.69 Å². The quantitative estimate of drug-likeness (QED) is 0.325. The van der Waals surface area contributed by atoms with Gasteiger partial charge in [-0.15, -0.1) is 0 Å². The Bertz CT molecular complexity index is 1170. The van der Waals surface area contributed by atoms with Crippen molar-refractivity contribution in [3.05, 3.63) is 53.6 Å². The summed E-state index contributed by atoms with van der Waals surface area (Å²) in [5.74, 6) is -2.59. The number of aryl methyl sites for hydroxylation is 2. The standard InChI is InChI=1S/C31H40N2O6/c1-4-30-15-7-5-10-20-38-29(37)24(30)23-27(35)33(17-8-6-9-19-34)26-28(36)32(18-12-16-31(23,26)39-30)25-21(2)13-11-14-22(25)3/h7,11-16,23-24,26,34H,4-6,8-10,17-20H2,1-3H3/b15-7-/t23-,24-,26?,30+,31-/m0/s1. The number of benzene rings is 1.